The Kier molecular flexibility index (Phi) is 4.60. The SMILES string of the molecule is O=C(O)c1csc(CNC(=O)C2CCSCC2)n1. The van der Waals surface area contributed by atoms with Crippen molar-refractivity contribution in [2.45, 2.75) is 19.4 Å². The van der Waals surface area contributed by atoms with Crippen molar-refractivity contribution in [3.05, 3.63) is 16.1 Å². The zero-order valence-electron chi connectivity index (χ0n) is 9.72. The number of carbonyl (C=O) groups excluding carboxylic acids is 1. The molecule has 1 aliphatic heterocycles. The monoisotopic (exact) mass is 286 g/mol. The van der Waals surface area contributed by atoms with Crippen LogP contribution in [0, 0.1) is 5.92 Å². The van der Waals surface area contributed by atoms with Gasteiger partial charge in [-0.05, 0) is 24.3 Å². The van der Waals surface area contributed by atoms with Gasteiger partial charge in [0.15, 0.2) is 5.69 Å². The van der Waals surface area contributed by atoms with Gasteiger partial charge in [0.2, 0.25) is 5.91 Å². The average molecular weight is 286 g/mol. The number of aromatic carboxylic acids is 1. The maximum absolute atomic E-state index is 11.9. The van der Waals surface area contributed by atoms with Crippen molar-refractivity contribution in [1.29, 1.82) is 0 Å². The van der Waals surface area contributed by atoms with Crippen LogP contribution in [0.15, 0.2) is 5.38 Å². The van der Waals surface area contributed by atoms with E-state index in [1.165, 1.54) is 16.7 Å². The van der Waals surface area contributed by atoms with Crippen LogP contribution in [0.25, 0.3) is 0 Å². The van der Waals surface area contributed by atoms with Gasteiger partial charge >= 0.3 is 5.97 Å². The molecule has 7 heteroatoms. The molecule has 1 amide bonds. The highest BCUT2D eigenvalue weighted by Crippen LogP contribution is 2.22. The first-order chi connectivity index (χ1) is 8.66. The first-order valence-corrected chi connectivity index (χ1v) is 7.73. The second kappa shape index (κ2) is 6.19. The molecule has 2 N–H and O–H groups in total. The van der Waals surface area contributed by atoms with E-state index >= 15 is 0 Å². The van der Waals surface area contributed by atoms with E-state index in [9.17, 15) is 9.59 Å². The van der Waals surface area contributed by atoms with Crippen molar-refractivity contribution in [3.8, 4) is 0 Å². The molecule has 0 aliphatic carbocycles. The maximum atomic E-state index is 11.9. The van der Waals surface area contributed by atoms with E-state index in [0.717, 1.165) is 24.3 Å². The van der Waals surface area contributed by atoms with Crippen molar-refractivity contribution >= 4 is 35.0 Å². The fraction of sp³-hybridized carbons (Fsp3) is 0.545. The van der Waals surface area contributed by atoms with Crippen LogP contribution < -0.4 is 5.32 Å². The summed E-state index contributed by atoms with van der Waals surface area (Å²) < 4.78 is 0. The average Bonchev–Trinajstić information content (AvgIpc) is 2.86. The molecular formula is C11H14N2O3S2. The molecule has 18 heavy (non-hydrogen) atoms. The van der Waals surface area contributed by atoms with Crippen LogP contribution in [-0.2, 0) is 11.3 Å². The topological polar surface area (TPSA) is 79.3 Å². The number of carboxylic acid groups (broad SMARTS) is 1. The number of aromatic nitrogens is 1. The molecule has 1 saturated heterocycles. The van der Waals surface area contributed by atoms with Gasteiger partial charge in [0.05, 0.1) is 6.54 Å². The molecule has 1 aromatic rings. The standard InChI is InChI=1S/C11H14N2O3S2/c14-10(7-1-3-17-4-2-7)12-5-9-13-8(6-18-9)11(15)16/h6-7H,1-5H2,(H,12,14)(H,15,16). The summed E-state index contributed by atoms with van der Waals surface area (Å²) in [5.74, 6) is 1.21. The lowest BCUT2D eigenvalue weighted by Gasteiger charge is -2.20. The van der Waals surface area contributed by atoms with Crippen LogP contribution in [-0.4, -0.2) is 33.5 Å². The highest BCUT2D eigenvalue weighted by molar-refractivity contribution is 7.99. The number of carbonyl (C=O) groups is 2. The summed E-state index contributed by atoms with van der Waals surface area (Å²) in [5.41, 5.74) is 0.0401. The second-order valence-corrected chi connectivity index (χ2v) is 6.20. The van der Waals surface area contributed by atoms with Gasteiger partial charge in [-0.3, -0.25) is 4.79 Å². The summed E-state index contributed by atoms with van der Waals surface area (Å²) in [6.45, 7) is 0.320. The Hall–Kier alpha value is -1.08. The second-order valence-electron chi connectivity index (χ2n) is 4.04. The first-order valence-electron chi connectivity index (χ1n) is 5.70. The minimum absolute atomic E-state index is 0.0401. The summed E-state index contributed by atoms with van der Waals surface area (Å²) in [4.78, 5) is 26.4. The summed E-state index contributed by atoms with van der Waals surface area (Å²) in [7, 11) is 0. The molecule has 0 spiro atoms. The molecule has 1 aliphatic rings. The molecule has 0 radical (unpaired) electrons. The molecule has 0 aromatic carbocycles. The van der Waals surface area contributed by atoms with Gasteiger partial charge in [0.25, 0.3) is 0 Å². The summed E-state index contributed by atoms with van der Waals surface area (Å²) in [6.07, 6.45) is 1.85. The summed E-state index contributed by atoms with van der Waals surface area (Å²) >= 11 is 3.14. The molecule has 98 valence electrons. The predicted molar refractivity (Wildman–Crippen MR) is 71.0 cm³/mol. The van der Waals surface area contributed by atoms with Crippen molar-refractivity contribution in [3.63, 3.8) is 0 Å². The van der Waals surface area contributed by atoms with Crippen LogP contribution in [0.2, 0.25) is 0 Å². The largest absolute Gasteiger partial charge is 0.476 e. The number of hydrogen-bond donors (Lipinski definition) is 2. The Labute approximate surface area is 113 Å². The zero-order valence-corrected chi connectivity index (χ0v) is 11.4. The lowest BCUT2D eigenvalue weighted by molar-refractivity contribution is -0.125. The highest BCUT2D eigenvalue weighted by Gasteiger charge is 2.21. The van der Waals surface area contributed by atoms with Crippen LogP contribution in [0.4, 0.5) is 0 Å². The Balaban J connectivity index is 1.82. The van der Waals surface area contributed by atoms with Gasteiger partial charge in [0, 0.05) is 11.3 Å². The molecule has 1 aromatic heterocycles. The first kappa shape index (κ1) is 13.4. The van der Waals surface area contributed by atoms with Crippen molar-refractivity contribution < 1.29 is 14.7 Å². The van der Waals surface area contributed by atoms with E-state index < -0.39 is 5.97 Å². The molecule has 0 bridgehead atoms. The summed E-state index contributed by atoms with van der Waals surface area (Å²) in [6, 6.07) is 0. The minimum atomic E-state index is -1.03. The number of rotatable bonds is 4. The number of thioether (sulfide) groups is 1. The Bertz CT molecular complexity index is 441. The molecule has 2 heterocycles. The Morgan fingerprint density at radius 1 is 1.44 bits per heavy atom. The van der Waals surface area contributed by atoms with Crippen LogP contribution >= 0.6 is 23.1 Å². The van der Waals surface area contributed by atoms with E-state index in [2.05, 4.69) is 10.3 Å². The predicted octanol–water partition coefficient (Wildman–Crippen LogP) is 1.60. The Morgan fingerprint density at radius 2 is 2.17 bits per heavy atom. The van der Waals surface area contributed by atoms with Gasteiger partial charge in [0.1, 0.15) is 5.01 Å². The summed E-state index contributed by atoms with van der Waals surface area (Å²) in [5, 5.41) is 13.7. The number of carboxylic acids is 1. The number of hydrogen-bond acceptors (Lipinski definition) is 5. The molecule has 0 saturated carbocycles. The van der Waals surface area contributed by atoms with Gasteiger partial charge in [-0.15, -0.1) is 11.3 Å². The smallest absolute Gasteiger partial charge is 0.355 e. The molecule has 1 fully saturated rings. The molecule has 0 unspecified atom stereocenters. The van der Waals surface area contributed by atoms with Gasteiger partial charge < -0.3 is 10.4 Å². The fourth-order valence-electron chi connectivity index (χ4n) is 1.76. The molecule has 0 atom stereocenters. The third kappa shape index (κ3) is 3.46. The number of amides is 1. The van der Waals surface area contributed by atoms with Crippen LogP contribution in [0.1, 0.15) is 28.3 Å². The van der Waals surface area contributed by atoms with Crippen LogP contribution in [0.3, 0.4) is 0 Å². The lowest BCUT2D eigenvalue weighted by atomic mass is 10.0. The molecule has 2 rings (SSSR count). The van der Waals surface area contributed by atoms with E-state index in [1.807, 2.05) is 11.8 Å². The quantitative estimate of drug-likeness (QED) is 0.879. The number of nitrogens with one attached hydrogen (secondary N) is 1. The fourth-order valence-corrected chi connectivity index (χ4v) is 3.57. The van der Waals surface area contributed by atoms with Gasteiger partial charge in [-0.25, -0.2) is 9.78 Å². The Morgan fingerprint density at radius 3 is 2.78 bits per heavy atom. The van der Waals surface area contributed by atoms with Crippen LogP contribution in [0.5, 0.6) is 0 Å². The number of thiazole rings is 1. The van der Waals surface area contributed by atoms with Crippen molar-refractivity contribution in [2.75, 3.05) is 11.5 Å². The lowest BCUT2D eigenvalue weighted by Crippen LogP contribution is -2.32. The highest BCUT2D eigenvalue weighted by atomic mass is 32.2. The zero-order chi connectivity index (χ0) is 13.0. The normalized spacial score (nSPS) is 16.4. The van der Waals surface area contributed by atoms with E-state index in [-0.39, 0.29) is 17.5 Å². The molecular weight excluding hydrogens is 272 g/mol. The van der Waals surface area contributed by atoms with Crippen molar-refractivity contribution in [1.82, 2.24) is 10.3 Å². The third-order valence-electron chi connectivity index (χ3n) is 2.78. The van der Waals surface area contributed by atoms with Gasteiger partial charge in [-0.2, -0.15) is 11.8 Å². The van der Waals surface area contributed by atoms with Gasteiger partial charge in [-0.1, -0.05) is 0 Å². The third-order valence-corrected chi connectivity index (χ3v) is 4.67. The van der Waals surface area contributed by atoms with Crippen molar-refractivity contribution in [2.24, 2.45) is 5.92 Å². The van der Waals surface area contributed by atoms with E-state index in [1.54, 1.807) is 0 Å². The molecule has 5 nitrogen and oxygen atoms in total. The number of nitrogens with zero attached hydrogens (tertiary/aromatic N) is 1. The van der Waals surface area contributed by atoms with E-state index in [4.69, 9.17) is 5.11 Å². The minimum Gasteiger partial charge on any atom is -0.476 e. The maximum Gasteiger partial charge on any atom is 0.355 e. The van der Waals surface area contributed by atoms with E-state index in [0.29, 0.717) is 11.6 Å².